The summed E-state index contributed by atoms with van der Waals surface area (Å²) in [4.78, 5) is 27.2. The van der Waals surface area contributed by atoms with E-state index in [2.05, 4.69) is 24.7 Å². The van der Waals surface area contributed by atoms with Crippen LogP contribution in [0.1, 0.15) is 25.3 Å². The zero-order chi connectivity index (χ0) is 30.1. The molecule has 4 N–H and O–H groups in total. The second-order valence-electron chi connectivity index (χ2n) is 10.1. The Morgan fingerprint density at radius 2 is 1.70 bits per heavy atom. The summed E-state index contributed by atoms with van der Waals surface area (Å²) in [7, 11) is -9.06. The maximum absolute atomic E-state index is 13.1. The zero-order valence-electron chi connectivity index (χ0n) is 21.8. The number of ether oxygens (including phenoxy) is 2. The van der Waals surface area contributed by atoms with E-state index in [0.29, 0.717) is 32.2 Å². The van der Waals surface area contributed by atoms with Gasteiger partial charge < -0.3 is 24.7 Å². The zero-order valence-corrected chi connectivity index (χ0v) is 25.0. The molecule has 7 atom stereocenters. The Morgan fingerprint density at radius 1 is 0.977 bits per heavy atom. The van der Waals surface area contributed by atoms with E-state index in [9.17, 15) is 17.9 Å². The van der Waals surface area contributed by atoms with Crippen molar-refractivity contribution in [1.82, 2.24) is 33.8 Å². The number of nitrogens with zero attached hydrogens (tertiary/aromatic N) is 6. The summed E-state index contributed by atoms with van der Waals surface area (Å²) in [6, 6.07) is 3.19. The minimum absolute atomic E-state index is 0.0283. The Bertz CT molecular complexity index is 1880. The quantitative estimate of drug-likeness (QED) is 0.259. The largest absolute Gasteiger partial charge is 0.472 e. The van der Waals surface area contributed by atoms with Crippen LogP contribution in [0.5, 0.6) is 0 Å². The van der Waals surface area contributed by atoms with Gasteiger partial charge in [-0.05, 0) is 12.1 Å². The molecular weight excluding hydrogens is 654 g/mol. The van der Waals surface area contributed by atoms with Crippen LogP contribution in [0, 0.1) is 0 Å². The van der Waals surface area contributed by atoms with Gasteiger partial charge in [0.2, 0.25) is 0 Å². The molecule has 0 amide bonds. The summed E-state index contributed by atoms with van der Waals surface area (Å²) in [6.07, 6.45) is -1.58. The number of rotatable bonds is 2. The van der Waals surface area contributed by atoms with Crippen molar-refractivity contribution in [3.63, 3.8) is 0 Å². The number of halogens is 2. The molecule has 3 aromatic heterocycles. The van der Waals surface area contributed by atoms with Gasteiger partial charge in [-0.1, -0.05) is 23.2 Å². The lowest BCUT2D eigenvalue weighted by Crippen LogP contribution is -2.42. The molecule has 1 aromatic carbocycles. The smallest absolute Gasteiger partial charge is 0.382 e. The lowest BCUT2D eigenvalue weighted by molar-refractivity contribution is -0.0466. The number of benzene rings is 1. The minimum Gasteiger partial charge on any atom is -0.382 e. The number of nitrogens with one attached hydrogen (secondary N) is 1. The van der Waals surface area contributed by atoms with E-state index in [1.807, 2.05) is 0 Å². The first-order valence-corrected chi connectivity index (χ1v) is 16.5. The molecule has 0 saturated carbocycles. The van der Waals surface area contributed by atoms with Crippen LogP contribution in [0.2, 0.25) is 10.0 Å². The fourth-order valence-electron chi connectivity index (χ4n) is 5.37. The Hall–Kier alpha value is -2.48. The van der Waals surface area contributed by atoms with Crippen LogP contribution in [0.3, 0.4) is 0 Å². The van der Waals surface area contributed by atoms with Crippen LogP contribution in [0.25, 0.3) is 22.2 Å². The van der Waals surface area contributed by atoms with Crippen molar-refractivity contribution in [3.05, 3.63) is 41.2 Å². The van der Waals surface area contributed by atoms with E-state index in [0.717, 1.165) is 0 Å². The van der Waals surface area contributed by atoms with Crippen molar-refractivity contribution in [1.29, 1.82) is 0 Å². The van der Waals surface area contributed by atoms with E-state index >= 15 is 0 Å². The summed E-state index contributed by atoms with van der Waals surface area (Å²) in [6.45, 7) is -0.867. The second kappa shape index (κ2) is 10.8. The van der Waals surface area contributed by atoms with Crippen LogP contribution < -0.4 is 10.5 Å². The second-order valence-corrected chi connectivity index (χ2v) is 13.7. The number of phosphoric acid groups is 1. The van der Waals surface area contributed by atoms with Crippen LogP contribution in [-0.2, 0) is 37.6 Å². The first-order chi connectivity index (χ1) is 20.5. The fraction of sp³-hybridized carbons (Fsp3) is 0.455. The summed E-state index contributed by atoms with van der Waals surface area (Å²) in [5.41, 5.74) is 7.68. The number of fused-ring (bicyclic) bond motifs is 4. The van der Waals surface area contributed by atoms with Crippen molar-refractivity contribution in [2.24, 2.45) is 0 Å². The summed E-state index contributed by atoms with van der Waals surface area (Å²) >= 11 is 12.3. The Labute approximate surface area is 253 Å². The molecule has 0 aliphatic carbocycles. The molecule has 4 aromatic rings. The molecule has 7 rings (SSSR count). The molecule has 0 spiro atoms. The maximum Gasteiger partial charge on any atom is 0.472 e. The fourth-order valence-corrected chi connectivity index (χ4v) is 7.61. The molecule has 43 heavy (non-hydrogen) atoms. The first kappa shape index (κ1) is 29.2. The summed E-state index contributed by atoms with van der Waals surface area (Å²) in [5.74, 6) is 0.159. The molecule has 21 heteroatoms. The van der Waals surface area contributed by atoms with Gasteiger partial charge in [-0.3, -0.25) is 17.8 Å². The van der Waals surface area contributed by atoms with Crippen molar-refractivity contribution in [3.8, 4) is 0 Å². The molecule has 230 valence electrons. The highest BCUT2D eigenvalue weighted by Crippen LogP contribution is 2.49. The Balaban J connectivity index is 1.13. The number of aromatic nitrogens is 6. The molecule has 3 aliphatic rings. The average Bonchev–Trinajstić information content (AvgIpc) is 3.72. The van der Waals surface area contributed by atoms with Gasteiger partial charge in [0.1, 0.15) is 48.7 Å². The van der Waals surface area contributed by atoms with Crippen molar-refractivity contribution in [2.45, 2.75) is 49.7 Å². The first-order valence-electron chi connectivity index (χ1n) is 12.9. The molecule has 0 bridgehead atoms. The number of hydrogen-bond acceptors (Lipinski definition) is 13. The minimum atomic E-state index is -4.69. The lowest BCUT2D eigenvalue weighted by atomic mass is 10.2. The standard InChI is InChI=1S/C22H23Cl2N8O9PS/c23-10-1-12-13(2-11(10)24)31(8-28-12)18-4-15-17(39-18)6-37-42(33,34)40-14-3-19(38-16(14)5-30-43(35,36)41-15)32-9-29-20-21(25)26-7-27-22(20)32/h1-2,7-9,14-19,30H,3-6H2,(H,33,34)(H2,25,26,27)/t14-,15-,16+,17+,18+,19+/m0/s1. The predicted octanol–water partition coefficient (Wildman–Crippen LogP) is 2.08. The molecule has 0 radical (unpaired) electrons. The molecule has 1 unspecified atom stereocenters. The molecule has 3 saturated heterocycles. The topological polar surface area (TPSA) is 217 Å². The van der Waals surface area contributed by atoms with Gasteiger partial charge >= 0.3 is 18.1 Å². The number of nitrogen functional groups attached to an aromatic ring is 1. The van der Waals surface area contributed by atoms with Gasteiger partial charge in [0.15, 0.2) is 11.5 Å². The molecule has 3 fully saturated rings. The summed E-state index contributed by atoms with van der Waals surface area (Å²) in [5, 5.41) is 0.608. The van der Waals surface area contributed by atoms with Crippen molar-refractivity contribution < 1.29 is 40.6 Å². The number of phosphoric ester groups is 1. The van der Waals surface area contributed by atoms with Gasteiger partial charge in [-0.15, -0.1) is 0 Å². The molecular formula is C22H23Cl2N8O9PS. The van der Waals surface area contributed by atoms with Gasteiger partial charge in [0, 0.05) is 19.4 Å². The summed E-state index contributed by atoms with van der Waals surface area (Å²) < 4.78 is 73.0. The highest BCUT2D eigenvalue weighted by Gasteiger charge is 2.46. The Kier molecular flexibility index (Phi) is 7.38. The van der Waals surface area contributed by atoms with E-state index < -0.39 is 61.6 Å². The molecule has 3 aliphatic heterocycles. The SMILES string of the molecule is Nc1ncnc2c1ncn2[C@H]1C[C@@H]2OP(=O)(O)OC[C@H]3O[C@@H](n4cnc5cc(Cl)c(Cl)cc54)C[C@@H]3OS(=O)(=O)NC[C@H]2O1. The number of imidazole rings is 2. The van der Waals surface area contributed by atoms with Gasteiger partial charge in [0.05, 0.1) is 40.3 Å². The number of nitrogens with two attached hydrogens (primary N) is 1. The number of hydrogen-bond donors (Lipinski definition) is 3. The van der Waals surface area contributed by atoms with Gasteiger partial charge in [-0.2, -0.15) is 13.1 Å². The monoisotopic (exact) mass is 676 g/mol. The molecule has 17 nitrogen and oxygen atoms in total. The van der Waals surface area contributed by atoms with Crippen LogP contribution in [0.4, 0.5) is 5.82 Å². The van der Waals surface area contributed by atoms with Crippen LogP contribution in [0.15, 0.2) is 31.1 Å². The van der Waals surface area contributed by atoms with Crippen molar-refractivity contribution in [2.75, 3.05) is 18.9 Å². The highest BCUT2D eigenvalue weighted by atomic mass is 35.5. The number of anilines is 1. The van der Waals surface area contributed by atoms with E-state index in [4.69, 9.17) is 51.6 Å². The normalized spacial score (nSPS) is 33.2. The van der Waals surface area contributed by atoms with E-state index in [1.165, 1.54) is 19.0 Å². The third-order valence-corrected chi connectivity index (χ3v) is 10.1. The lowest BCUT2D eigenvalue weighted by Gasteiger charge is -2.25. The third kappa shape index (κ3) is 5.62. The van der Waals surface area contributed by atoms with Gasteiger partial charge in [-0.25, -0.2) is 24.5 Å². The van der Waals surface area contributed by atoms with Crippen LogP contribution >= 0.6 is 31.0 Å². The predicted molar refractivity (Wildman–Crippen MR) is 149 cm³/mol. The third-order valence-electron chi connectivity index (χ3n) is 7.37. The van der Waals surface area contributed by atoms with Crippen molar-refractivity contribution >= 4 is 69.3 Å². The Morgan fingerprint density at radius 3 is 2.53 bits per heavy atom. The van der Waals surface area contributed by atoms with Crippen LogP contribution in [-0.4, -0.2) is 79.9 Å². The maximum atomic E-state index is 13.1. The highest BCUT2D eigenvalue weighted by molar-refractivity contribution is 7.84. The molecule has 6 heterocycles. The van der Waals surface area contributed by atoms with E-state index in [1.54, 1.807) is 21.3 Å². The van der Waals surface area contributed by atoms with E-state index in [-0.39, 0.29) is 25.2 Å². The van der Waals surface area contributed by atoms with Gasteiger partial charge in [0.25, 0.3) is 0 Å². The average molecular weight is 677 g/mol.